The van der Waals surface area contributed by atoms with E-state index in [1.165, 1.54) is 4.90 Å². The summed E-state index contributed by atoms with van der Waals surface area (Å²) >= 11 is 0. The number of nitrogens with zero attached hydrogens (tertiary/aromatic N) is 2. The van der Waals surface area contributed by atoms with Gasteiger partial charge in [0.15, 0.2) is 11.5 Å². The van der Waals surface area contributed by atoms with Gasteiger partial charge in [0.1, 0.15) is 0 Å². The van der Waals surface area contributed by atoms with Gasteiger partial charge in [-0.1, -0.05) is 45.0 Å². The van der Waals surface area contributed by atoms with E-state index in [9.17, 15) is 14.4 Å². The van der Waals surface area contributed by atoms with Crippen molar-refractivity contribution in [2.24, 2.45) is 17.3 Å². The standard InChI is InChI=1S/C24H22N2O5/c1-24(2,3)23(29)26-18-13-9-10-14-20(31-11-30-14)15(13)19(26)17-16(18)21(27)25(22(17)28)12-7-5-4-6-8-12/h4-10,16-19H,11H2,1-3H3. The molecule has 6 rings (SSSR count). The van der Waals surface area contributed by atoms with E-state index in [2.05, 4.69) is 0 Å². The van der Waals surface area contributed by atoms with Crippen LogP contribution in [0.25, 0.3) is 0 Å². The fourth-order valence-corrected chi connectivity index (χ4v) is 5.60. The van der Waals surface area contributed by atoms with Crippen molar-refractivity contribution >= 4 is 23.4 Å². The number of imide groups is 1. The second-order valence-electron chi connectivity index (χ2n) is 9.55. The molecule has 0 spiro atoms. The summed E-state index contributed by atoms with van der Waals surface area (Å²) in [5.74, 6) is -0.612. The number of hydrogen-bond donors (Lipinski definition) is 0. The van der Waals surface area contributed by atoms with Gasteiger partial charge in [-0.25, -0.2) is 4.90 Å². The van der Waals surface area contributed by atoms with Crippen molar-refractivity contribution in [3.8, 4) is 11.5 Å². The normalized spacial score (nSPS) is 27.7. The van der Waals surface area contributed by atoms with Crippen LogP contribution < -0.4 is 14.4 Å². The van der Waals surface area contributed by atoms with Gasteiger partial charge in [-0.05, 0) is 23.8 Å². The number of anilines is 1. The van der Waals surface area contributed by atoms with Crippen LogP contribution in [0, 0.1) is 17.3 Å². The number of rotatable bonds is 1. The smallest absolute Gasteiger partial charge is 0.240 e. The summed E-state index contributed by atoms with van der Waals surface area (Å²) in [5, 5.41) is 0. The zero-order valence-corrected chi connectivity index (χ0v) is 17.5. The lowest BCUT2D eigenvalue weighted by atomic mass is 9.77. The fourth-order valence-electron chi connectivity index (χ4n) is 5.60. The van der Waals surface area contributed by atoms with Gasteiger partial charge < -0.3 is 14.4 Å². The van der Waals surface area contributed by atoms with Gasteiger partial charge in [-0.15, -0.1) is 0 Å². The molecule has 2 aromatic rings. The van der Waals surface area contributed by atoms with Crippen LogP contribution >= 0.6 is 0 Å². The Morgan fingerprint density at radius 2 is 1.61 bits per heavy atom. The molecule has 7 heteroatoms. The molecule has 4 unspecified atom stereocenters. The van der Waals surface area contributed by atoms with Gasteiger partial charge in [0.2, 0.25) is 24.5 Å². The van der Waals surface area contributed by atoms with E-state index in [-0.39, 0.29) is 24.5 Å². The van der Waals surface area contributed by atoms with Crippen LogP contribution in [0.5, 0.6) is 11.5 Å². The second kappa shape index (κ2) is 5.87. The molecule has 0 aliphatic carbocycles. The fraction of sp³-hybridized carbons (Fsp3) is 0.375. The zero-order valence-electron chi connectivity index (χ0n) is 17.5. The first kappa shape index (κ1) is 18.4. The summed E-state index contributed by atoms with van der Waals surface area (Å²) < 4.78 is 11.3. The maximum absolute atomic E-state index is 13.6. The first-order valence-corrected chi connectivity index (χ1v) is 10.5. The molecule has 0 aromatic heterocycles. The Morgan fingerprint density at radius 3 is 2.29 bits per heavy atom. The topological polar surface area (TPSA) is 76.2 Å². The Kier molecular flexibility index (Phi) is 3.49. The zero-order chi connectivity index (χ0) is 21.7. The third-order valence-corrected chi connectivity index (χ3v) is 6.79. The Balaban J connectivity index is 1.53. The van der Waals surface area contributed by atoms with E-state index in [1.54, 1.807) is 29.2 Å². The minimum Gasteiger partial charge on any atom is -0.454 e. The predicted octanol–water partition coefficient (Wildman–Crippen LogP) is 3.21. The number of hydrogen-bond acceptors (Lipinski definition) is 5. The molecule has 2 fully saturated rings. The van der Waals surface area contributed by atoms with Gasteiger partial charge in [-0.3, -0.25) is 14.4 Å². The quantitative estimate of drug-likeness (QED) is 0.665. The minimum absolute atomic E-state index is 0.0763. The van der Waals surface area contributed by atoms with Crippen LogP contribution in [0.15, 0.2) is 42.5 Å². The Morgan fingerprint density at radius 1 is 0.935 bits per heavy atom. The van der Waals surface area contributed by atoms with Crippen LogP contribution in [0.3, 0.4) is 0 Å². The number of fused-ring (bicyclic) bond motifs is 10. The predicted molar refractivity (Wildman–Crippen MR) is 110 cm³/mol. The Bertz CT molecular complexity index is 1150. The molecule has 2 aromatic carbocycles. The summed E-state index contributed by atoms with van der Waals surface area (Å²) in [5.41, 5.74) is 1.61. The number of benzene rings is 2. The van der Waals surface area contributed by atoms with Crippen LogP contribution in [0.4, 0.5) is 5.69 Å². The van der Waals surface area contributed by atoms with Crippen LogP contribution in [-0.4, -0.2) is 29.4 Å². The minimum atomic E-state index is -0.650. The van der Waals surface area contributed by atoms with Crippen LogP contribution in [0.2, 0.25) is 0 Å². The van der Waals surface area contributed by atoms with Crippen molar-refractivity contribution in [1.29, 1.82) is 0 Å². The van der Waals surface area contributed by atoms with Gasteiger partial charge in [-0.2, -0.15) is 0 Å². The molecule has 2 saturated heterocycles. The Hall–Kier alpha value is -3.35. The molecule has 158 valence electrons. The maximum atomic E-state index is 13.6. The molecule has 3 amide bonds. The summed E-state index contributed by atoms with van der Waals surface area (Å²) in [6.45, 7) is 5.68. The highest BCUT2D eigenvalue weighted by atomic mass is 16.7. The number of amides is 3. The highest BCUT2D eigenvalue weighted by Gasteiger charge is 2.69. The molecule has 4 atom stereocenters. The summed E-state index contributed by atoms with van der Waals surface area (Å²) in [4.78, 5) is 43.7. The maximum Gasteiger partial charge on any atom is 0.240 e. The molecule has 31 heavy (non-hydrogen) atoms. The van der Waals surface area contributed by atoms with Gasteiger partial charge in [0, 0.05) is 11.0 Å². The molecule has 4 heterocycles. The first-order chi connectivity index (χ1) is 14.8. The number of carbonyl (C=O) groups is 3. The monoisotopic (exact) mass is 418 g/mol. The van der Waals surface area contributed by atoms with Crippen molar-refractivity contribution in [3.05, 3.63) is 53.6 Å². The number of para-hydroxylation sites is 1. The van der Waals surface area contributed by atoms with Crippen molar-refractivity contribution < 1.29 is 23.9 Å². The Labute approximate surface area is 179 Å². The average molecular weight is 418 g/mol. The molecular formula is C24H22N2O5. The molecule has 0 radical (unpaired) electrons. The highest BCUT2D eigenvalue weighted by molar-refractivity contribution is 6.23. The van der Waals surface area contributed by atoms with Crippen LogP contribution in [-0.2, 0) is 14.4 Å². The van der Waals surface area contributed by atoms with Crippen LogP contribution in [0.1, 0.15) is 44.0 Å². The lowest BCUT2D eigenvalue weighted by Crippen LogP contribution is -2.42. The molecule has 2 bridgehead atoms. The summed E-state index contributed by atoms with van der Waals surface area (Å²) in [7, 11) is 0. The van der Waals surface area contributed by atoms with Gasteiger partial charge in [0.05, 0.1) is 29.6 Å². The lowest BCUT2D eigenvalue weighted by Gasteiger charge is -2.32. The molecule has 4 aliphatic heterocycles. The van der Waals surface area contributed by atoms with E-state index in [0.29, 0.717) is 17.2 Å². The van der Waals surface area contributed by atoms with E-state index in [4.69, 9.17) is 9.47 Å². The van der Waals surface area contributed by atoms with Gasteiger partial charge >= 0.3 is 0 Å². The summed E-state index contributed by atoms with van der Waals surface area (Å²) in [6, 6.07) is 11.7. The third kappa shape index (κ3) is 2.21. The van der Waals surface area contributed by atoms with Gasteiger partial charge in [0.25, 0.3) is 0 Å². The van der Waals surface area contributed by atoms with E-state index >= 15 is 0 Å². The highest BCUT2D eigenvalue weighted by Crippen LogP contribution is 2.66. The van der Waals surface area contributed by atoms with Crippen molar-refractivity contribution in [2.45, 2.75) is 32.9 Å². The lowest BCUT2D eigenvalue weighted by molar-refractivity contribution is -0.143. The van der Waals surface area contributed by atoms with E-state index in [1.807, 2.05) is 39.0 Å². The molecule has 4 aliphatic rings. The summed E-state index contributed by atoms with van der Waals surface area (Å²) in [6.07, 6.45) is 0. The van der Waals surface area contributed by atoms with Crippen molar-refractivity contribution in [2.75, 3.05) is 11.7 Å². The van der Waals surface area contributed by atoms with E-state index in [0.717, 1.165) is 11.1 Å². The number of carbonyl (C=O) groups excluding carboxylic acids is 3. The van der Waals surface area contributed by atoms with Crippen molar-refractivity contribution in [3.63, 3.8) is 0 Å². The molecule has 7 nitrogen and oxygen atoms in total. The third-order valence-electron chi connectivity index (χ3n) is 6.79. The van der Waals surface area contributed by atoms with Crippen molar-refractivity contribution in [1.82, 2.24) is 4.90 Å². The molecule has 0 saturated carbocycles. The average Bonchev–Trinajstić information content (AvgIpc) is 3.47. The molecule has 0 N–H and O–H groups in total. The SMILES string of the molecule is CC(C)(C)C(=O)N1C2c3ccc4c(c3C1C1C(=O)N(c3ccccc3)C(=O)C12)OCO4. The first-order valence-electron chi connectivity index (χ1n) is 10.5. The molecular weight excluding hydrogens is 396 g/mol. The van der Waals surface area contributed by atoms with E-state index < -0.39 is 29.3 Å². The largest absolute Gasteiger partial charge is 0.454 e. The second-order valence-corrected chi connectivity index (χ2v) is 9.55. The number of ether oxygens (including phenoxy) is 2.